The molecule has 1 aromatic heterocycles. The van der Waals surface area contributed by atoms with Gasteiger partial charge in [-0.25, -0.2) is 0 Å². The molecule has 1 heterocycles. The molecule has 0 bridgehead atoms. The van der Waals surface area contributed by atoms with E-state index in [-0.39, 0.29) is 5.54 Å². The van der Waals surface area contributed by atoms with Crippen molar-refractivity contribution in [3.63, 3.8) is 0 Å². The summed E-state index contributed by atoms with van der Waals surface area (Å²) < 4.78 is 18.3. The molecule has 3 N–H and O–H groups in total. The molecule has 7 nitrogen and oxygen atoms in total. The van der Waals surface area contributed by atoms with Crippen molar-refractivity contribution in [3.8, 4) is 11.5 Å². The van der Waals surface area contributed by atoms with Crippen LogP contribution < -0.4 is 15.8 Å². The Morgan fingerprint density at radius 3 is 2.47 bits per heavy atom. The molecule has 36 heavy (non-hydrogen) atoms. The number of amides is 1. The summed E-state index contributed by atoms with van der Waals surface area (Å²) in [7, 11) is -0.993. The summed E-state index contributed by atoms with van der Waals surface area (Å²) in [5, 5.41) is 3.30. The Balaban J connectivity index is 0.000000324. The zero-order chi connectivity index (χ0) is 26.7. The van der Waals surface area contributed by atoms with Crippen molar-refractivity contribution in [3.05, 3.63) is 71.7 Å². The number of fused-ring (bicyclic) bond motifs is 1. The van der Waals surface area contributed by atoms with E-state index in [9.17, 15) is 9.00 Å². The highest BCUT2D eigenvalue weighted by Crippen LogP contribution is 2.32. The van der Waals surface area contributed by atoms with Crippen molar-refractivity contribution in [1.29, 1.82) is 0 Å². The summed E-state index contributed by atoms with van der Waals surface area (Å²) in [5.41, 5.74) is 8.80. The minimum Gasteiger partial charge on any atom is -0.456 e. The smallest absolute Gasteiger partial charge is 0.211 e. The predicted molar refractivity (Wildman–Crippen MR) is 149 cm³/mol. The molecule has 0 spiro atoms. The predicted octanol–water partition coefficient (Wildman–Crippen LogP) is 5.43. The maximum Gasteiger partial charge on any atom is 0.211 e. The summed E-state index contributed by atoms with van der Waals surface area (Å²) in [4.78, 5) is 19.4. The fourth-order valence-electron chi connectivity index (χ4n) is 3.12. The molecule has 0 saturated heterocycles. The van der Waals surface area contributed by atoms with E-state index in [4.69, 9.17) is 10.5 Å². The number of benzene rings is 2. The second kappa shape index (κ2) is 13.5. The topological polar surface area (TPSA) is 107 Å². The molecule has 0 aliphatic heterocycles. The van der Waals surface area contributed by atoms with E-state index in [0.29, 0.717) is 17.9 Å². The van der Waals surface area contributed by atoms with Crippen molar-refractivity contribution in [2.45, 2.75) is 58.4 Å². The van der Waals surface area contributed by atoms with Crippen molar-refractivity contribution in [2.75, 3.05) is 5.75 Å². The van der Waals surface area contributed by atoms with Crippen LogP contribution in [0, 0.1) is 6.92 Å². The highest BCUT2D eigenvalue weighted by atomic mass is 32.2. The van der Waals surface area contributed by atoms with Gasteiger partial charge in [-0.1, -0.05) is 26.0 Å². The van der Waals surface area contributed by atoms with Gasteiger partial charge in [0.2, 0.25) is 6.41 Å². The van der Waals surface area contributed by atoms with Gasteiger partial charge in [0.1, 0.15) is 11.5 Å². The van der Waals surface area contributed by atoms with Gasteiger partial charge >= 0.3 is 0 Å². The number of hydrogen-bond donors (Lipinski definition) is 2. The van der Waals surface area contributed by atoms with E-state index in [2.05, 4.69) is 41.3 Å². The number of aromatic nitrogens is 1. The van der Waals surface area contributed by atoms with Crippen LogP contribution in [0.25, 0.3) is 10.9 Å². The molecule has 1 amide bonds. The summed E-state index contributed by atoms with van der Waals surface area (Å²) in [5.74, 6) is 2.17. The lowest BCUT2D eigenvalue weighted by Crippen LogP contribution is -2.16. The Bertz CT molecular complexity index is 1260. The molecule has 0 fully saturated rings. The molecule has 0 aliphatic rings. The van der Waals surface area contributed by atoms with Gasteiger partial charge in [-0.2, -0.15) is 0 Å². The first-order valence-corrected chi connectivity index (χ1v) is 13.2. The van der Waals surface area contributed by atoms with Crippen molar-refractivity contribution in [2.24, 2.45) is 10.7 Å². The first-order valence-electron chi connectivity index (χ1n) is 11.8. The number of carbonyl (C=O) groups is 1. The van der Waals surface area contributed by atoms with Gasteiger partial charge in [0, 0.05) is 34.6 Å². The Hall–Kier alpha value is -3.52. The molecule has 0 aliphatic carbocycles. The normalized spacial score (nSPS) is 12.7. The van der Waals surface area contributed by atoms with E-state index in [1.807, 2.05) is 58.0 Å². The molecule has 1 unspecified atom stereocenters. The maximum atomic E-state index is 12.1. The Labute approximate surface area is 216 Å². The molecule has 3 rings (SSSR count). The molecular formula is C28H36N4O3S. The minimum absolute atomic E-state index is 0.154. The Morgan fingerprint density at radius 1 is 1.14 bits per heavy atom. The summed E-state index contributed by atoms with van der Waals surface area (Å²) in [6, 6.07) is 13.8. The largest absolute Gasteiger partial charge is 0.456 e. The monoisotopic (exact) mass is 508 g/mol. The lowest BCUT2D eigenvalue weighted by atomic mass is 10.1. The number of carbonyl (C=O) groups excluding carboxylic acids is 1. The van der Waals surface area contributed by atoms with Gasteiger partial charge in [-0.3, -0.25) is 19.0 Å². The molecule has 2 aromatic carbocycles. The second-order valence-corrected chi connectivity index (χ2v) is 10.7. The number of allylic oxidation sites excluding steroid dienone is 1. The number of hydrogen-bond acceptors (Lipinski definition) is 6. The van der Waals surface area contributed by atoms with Crippen LogP contribution in [0.1, 0.15) is 45.7 Å². The zero-order valence-corrected chi connectivity index (χ0v) is 22.7. The van der Waals surface area contributed by atoms with Crippen molar-refractivity contribution in [1.82, 2.24) is 10.3 Å². The van der Waals surface area contributed by atoms with Crippen LogP contribution in [0.3, 0.4) is 0 Å². The van der Waals surface area contributed by atoms with Crippen LogP contribution in [0.2, 0.25) is 0 Å². The number of nitrogens with one attached hydrogen (secondary N) is 1. The van der Waals surface area contributed by atoms with Crippen LogP contribution in [0.5, 0.6) is 11.5 Å². The summed E-state index contributed by atoms with van der Waals surface area (Å²) in [6.45, 7) is 12.0. The van der Waals surface area contributed by atoms with E-state index >= 15 is 0 Å². The highest BCUT2D eigenvalue weighted by molar-refractivity contribution is 7.85. The molecule has 0 saturated carbocycles. The van der Waals surface area contributed by atoms with Crippen molar-refractivity contribution < 1.29 is 13.7 Å². The van der Waals surface area contributed by atoms with Gasteiger partial charge in [0.25, 0.3) is 0 Å². The number of nitrogens with two attached hydrogens (primary N) is 1. The van der Waals surface area contributed by atoms with E-state index in [0.717, 1.165) is 39.3 Å². The third-order valence-electron chi connectivity index (χ3n) is 5.06. The van der Waals surface area contributed by atoms with Gasteiger partial charge in [-0.15, -0.1) is 0 Å². The number of pyridine rings is 1. The lowest BCUT2D eigenvalue weighted by molar-refractivity contribution is -0.108. The first kappa shape index (κ1) is 28.7. The number of rotatable bonds is 8. The second-order valence-electron chi connectivity index (χ2n) is 8.99. The Kier molecular flexibility index (Phi) is 10.8. The third-order valence-corrected chi connectivity index (χ3v) is 6.37. The average Bonchev–Trinajstić information content (AvgIpc) is 2.87. The molecule has 1 atom stereocenters. The van der Waals surface area contributed by atoms with E-state index in [1.165, 1.54) is 18.0 Å². The zero-order valence-electron chi connectivity index (χ0n) is 21.9. The Morgan fingerprint density at radius 2 is 1.89 bits per heavy atom. The van der Waals surface area contributed by atoms with Crippen molar-refractivity contribution >= 4 is 34.3 Å². The van der Waals surface area contributed by atoms with Crippen LogP contribution in [0.15, 0.2) is 70.4 Å². The quantitative estimate of drug-likeness (QED) is 0.312. The van der Waals surface area contributed by atoms with Gasteiger partial charge in [0.15, 0.2) is 0 Å². The van der Waals surface area contributed by atoms with Gasteiger partial charge < -0.3 is 15.8 Å². The number of nitrogens with zero attached hydrogens (tertiary/aromatic N) is 2. The number of aliphatic imine (C=N–C) groups is 1. The standard InChI is InChI=1S/C20H21NO2S.C8H15N3O/c1-4-15-6-9-19(14(3)12-15)23-20-10-11-21-18-8-7-16(13-17(18)20)24(22)5-2;1-8(2,3)11-5-7(4-9)10-6-12/h6-13H,4-5H2,1-3H3;4-6H,9H2,1-3H3,(H,10,12)/b;7-4+,11-5?. The van der Waals surface area contributed by atoms with Crippen LogP contribution >= 0.6 is 0 Å². The first-order chi connectivity index (χ1) is 17.1. The maximum absolute atomic E-state index is 12.1. The number of ether oxygens (including phenoxy) is 1. The molecule has 192 valence electrons. The average molecular weight is 509 g/mol. The number of aryl methyl sites for hydroxylation is 2. The fraction of sp³-hybridized carbons (Fsp3) is 0.321. The SMILES string of the molecule is CC(C)(C)N=C/C(=C\N)NC=O.CCc1ccc(Oc2ccnc3ccc(S(=O)CC)cc23)c(C)c1. The summed E-state index contributed by atoms with van der Waals surface area (Å²) in [6.07, 6.45) is 6.14. The lowest BCUT2D eigenvalue weighted by Gasteiger charge is -2.12. The summed E-state index contributed by atoms with van der Waals surface area (Å²) >= 11 is 0. The van der Waals surface area contributed by atoms with Gasteiger partial charge in [0.05, 0.1) is 27.6 Å². The highest BCUT2D eigenvalue weighted by Gasteiger charge is 2.10. The minimum atomic E-state index is -0.993. The molecule has 0 radical (unpaired) electrons. The van der Waals surface area contributed by atoms with Gasteiger partial charge in [-0.05, 0) is 75.6 Å². The van der Waals surface area contributed by atoms with Crippen LogP contribution in [0.4, 0.5) is 0 Å². The molecule has 8 heteroatoms. The molecule has 3 aromatic rings. The van der Waals surface area contributed by atoms with Crippen LogP contribution in [-0.4, -0.2) is 33.1 Å². The van der Waals surface area contributed by atoms with E-state index in [1.54, 1.807) is 6.20 Å². The van der Waals surface area contributed by atoms with E-state index < -0.39 is 10.8 Å². The van der Waals surface area contributed by atoms with Crippen LogP contribution in [-0.2, 0) is 22.0 Å². The third kappa shape index (κ3) is 8.61. The fourth-order valence-corrected chi connectivity index (χ4v) is 3.92. The molecular weight excluding hydrogens is 472 g/mol.